The summed E-state index contributed by atoms with van der Waals surface area (Å²) in [5, 5.41) is 14.4. The zero-order valence-electron chi connectivity index (χ0n) is 8.71. The summed E-state index contributed by atoms with van der Waals surface area (Å²) in [6, 6.07) is 2.84. The molecule has 0 saturated carbocycles. The highest BCUT2D eigenvalue weighted by Crippen LogP contribution is 2.22. The van der Waals surface area contributed by atoms with Crippen molar-refractivity contribution < 1.29 is 9.90 Å². The van der Waals surface area contributed by atoms with E-state index in [9.17, 15) is 14.4 Å². The molecular weight excluding hydrogens is 260 g/mol. The van der Waals surface area contributed by atoms with Crippen LogP contribution >= 0.6 is 11.8 Å². The second kappa shape index (κ2) is 4.84. The molecule has 2 aromatic rings. The van der Waals surface area contributed by atoms with Crippen LogP contribution in [0.4, 0.5) is 0 Å². The number of hydrogen-bond donors (Lipinski definition) is 3. The summed E-state index contributed by atoms with van der Waals surface area (Å²) in [5.74, 6) is -1.17. The lowest BCUT2D eigenvalue weighted by Gasteiger charge is -1.99. The van der Waals surface area contributed by atoms with Crippen molar-refractivity contribution >= 4 is 17.7 Å². The predicted molar refractivity (Wildman–Crippen MR) is 60.8 cm³/mol. The molecule has 8 nitrogen and oxygen atoms in total. The molecule has 0 bridgehead atoms. The monoisotopic (exact) mass is 266 g/mol. The fourth-order valence-corrected chi connectivity index (χ4v) is 1.87. The lowest BCUT2D eigenvalue weighted by molar-refractivity contribution is 0.0690. The van der Waals surface area contributed by atoms with E-state index in [4.69, 9.17) is 5.11 Å². The average Bonchev–Trinajstić information content (AvgIpc) is 2.33. The van der Waals surface area contributed by atoms with Gasteiger partial charge in [0, 0.05) is 11.1 Å². The van der Waals surface area contributed by atoms with Gasteiger partial charge >= 0.3 is 11.7 Å². The van der Waals surface area contributed by atoms with E-state index in [0.29, 0.717) is 4.90 Å². The molecule has 0 radical (unpaired) electrons. The number of aromatic carboxylic acids is 1. The van der Waals surface area contributed by atoms with E-state index in [-0.39, 0.29) is 10.7 Å². The molecule has 92 valence electrons. The second-order valence-corrected chi connectivity index (χ2v) is 4.16. The Bertz CT molecular complexity index is 708. The molecule has 0 saturated heterocycles. The number of H-pyrrole nitrogens is 2. The van der Waals surface area contributed by atoms with Crippen molar-refractivity contribution in [1.82, 2.24) is 20.2 Å². The Hall–Kier alpha value is -2.42. The van der Waals surface area contributed by atoms with Crippen LogP contribution in [0.3, 0.4) is 0 Å². The number of hydrogen-bond acceptors (Lipinski definition) is 6. The largest absolute Gasteiger partial charge is 0.477 e. The Morgan fingerprint density at radius 3 is 2.83 bits per heavy atom. The van der Waals surface area contributed by atoms with Gasteiger partial charge in [-0.3, -0.25) is 9.78 Å². The van der Waals surface area contributed by atoms with Gasteiger partial charge in [0.2, 0.25) is 0 Å². The molecule has 0 aliphatic rings. The van der Waals surface area contributed by atoms with Crippen LogP contribution in [0.15, 0.2) is 37.8 Å². The predicted octanol–water partition coefficient (Wildman–Crippen LogP) is -0.297. The molecule has 3 N–H and O–H groups in total. The van der Waals surface area contributed by atoms with E-state index in [1.807, 2.05) is 4.98 Å². The molecule has 0 aliphatic carbocycles. The zero-order chi connectivity index (χ0) is 13.1. The number of nitrogens with zero attached hydrogens (tertiary/aromatic N) is 2. The molecule has 0 amide bonds. The molecule has 2 aromatic heterocycles. The maximum absolute atomic E-state index is 11.4. The number of pyridine rings is 1. The van der Waals surface area contributed by atoms with Crippen molar-refractivity contribution in [3.05, 3.63) is 44.9 Å². The molecule has 18 heavy (non-hydrogen) atoms. The number of nitrogens with one attached hydrogen (secondary N) is 2. The third kappa shape index (κ3) is 2.63. The first-order chi connectivity index (χ1) is 8.56. The van der Waals surface area contributed by atoms with Gasteiger partial charge in [-0.2, -0.15) is 5.10 Å². The molecular formula is C9H6N4O4S. The van der Waals surface area contributed by atoms with E-state index in [0.717, 1.165) is 11.8 Å². The maximum Gasteiger partial charge on any atom is 0.354 e. The zero-order valence-corrected chi connectivity index (χ0v) is 9.52. The van der Waals surface area contributed by atoms with Crippen LogP contribution in [-0.4, -0.2) is 31.2 Å². The minimum atomic E-state index is -1.17. The highest BCUT2D eigenvalue weighted by molar-refractivity contribution is 7.99. The first-order valence-corrected chi connectivity index (χ1v) is 5.44. The molecule has 0 aromatic carbocycles. The van der Waals surface area contributed by atoms with Crippen molar-refractivity contribution in [1.29, 1.82) is 0 Å². The Kier molecular flexibility index (Phi) is 3.24. The quantitative estimate of drug-likeness (QED) is 0.695. The molecule has 0 atom stereocenters. The minimum Gasteiger partial charge on any atom is -0.477 e. The van der Waals surface area contributed by atoms with Crippen LogP contribution < -0.4 is 11.2 Å². The SMILES string of the molecule is O=C(O)c1cc(Sc2n[nH]c(=O)[nH]c2=O)ccn1. The summed E-state index contributed by atoms with van der Waals surface area (Å²) in [5.41, 5.74) is -1.48. The number of rotatable bonds is 3. The van der Waals surface area contributed by atoms with Crippen molar-refractivity contribution in [2.75, 3.05) is 0 Å². The smallest absolute Gasteiger partial charge is 0.354 e. The second-order valence-electron chi connectivity index (χ2n) is 3.10. The third-order valence-corrected chi connectivity index (χ3v) is 2.81. The molecule has 0 fully saturated rings. The van der Waals surface area contributed by atoms with Crippen LogP contribution in [0.2, 0.25) is 0 Å². The standard InChI is InChI=1S/C9H6N4O4S/c14-6-7(12-13-9(17)11-6)18-4-1-2-10-5(3-4)8(15)16/h1-3H,(H,15,16)(H2,11,13,14,17). The van der Waals surface area contributed by atoms with Gasteiger partial charge < -0.3 is 5.11 Å². The van der Waals surface area contributed by atoms with Crippen molar-refractivity contribution in [2.45, 2.75) is 9.92 Å². The number of aromatic amines is 2. The van der Waals surface area contributed by atoms with Crippen molar-refractivity contribution in [3.8, 4) is 0 Å². The van der Waals surface area contributed by atoms with Gasteiger partial charge in [0.15, 0.2) is 5.03 Å². The van der Waals surface area contributed by atoms with Crippen molar-refractivity contribution in [3.63, 3.8) is 0 Å². The molecule has 0 spiro atoms. The topological polar surface area (TPSA) is 129 Å². The highest BCUT2D eigenvalue weighted by atomic mass is 32.2. The van der Waals surface area contributed by atoms with Crippen LogP contribution in [0, 0.1) is 0 Å². The average molecular weight is 266 g/mol. The summed E-state index contributed by atoms with van der Waals surface area (Å²) in [7, 11) is 0. The van der Waals surface area contributed by atoms with Crippen LogP contribution in [-0.2, 0) is 0 Å². The summed E-state index contributed by atoms with van der Waals surface area (Å²) >= 11 is 0.926. The van der Waals surface area contributed by atoms with Gasteiger partial charge in [-0.05, 0) is 12.1 Å². The normalized spacial score (nSPS) is 10.2. The van der Waals surface area contributed by atoms with Crippen LogP contribution in [0.25, 0.3) is 0 Å². The van der Waals surface area contributed by atoms with Gasteiger partial charge in [-0.25, -0.2) is 19.7 Å². The summed E-state index contributed by atoms with van der Waals surface area (Å²) in [6.07, 6.45) is 1.31. The highest BCUT2D eigenvalue weighted by Gasteiger charge is 2.09. The summed E-state index contributed by atoms with van der Waals surface area (Å²) < 4.78 is 0. The number of carboxylic acids is 1. The number of carboxylic acid groups (broad SMARTS) is 1. The van der Waals surface area contributed by atoms with Gasteiger partial charge in [0.1, 0.15) is 5.69 Å². The number of carbonyl (C=O) groups is 1. The fraction of sp³-hybridized carbons (Fsp3) is 0. The lowest BCUT2D eigenvalue weighted by Crippen LogP contribution is -2.24. The Balaban J connectivity index is 2.34. The third-order valence-electron chi connectivity index (χ3n) is 1.85. The fourth-order valence-electron chi connectivity index (χ4n) is 1.11. The molecule has 2 heterocycles. The molecule has 0 aliphatic heterocycles. The van der Waals surface area contributed by atoms with E-state index in [1.165, 1.54) is 18.3 Å². The first kappa shape index (κ1) is 12.0. The molecule has 9 heteroatoms. The Morgan fingerprint density at radius 2 is 2.17 bits per heavy atom. The van der Waals surface area contributed by atoms with E-state index in [1.54, 1.807) is 0 Å². The lowest BCUT2D eigenvalue weighted by atomic mass is 10.3. The Labute approximate surface area is 103 Å². The summed E-state index contributed by atoms with van der Waals surface area (Å²) in [4.78, 5) is 39.0. The van der Waals surface area contributed by atoms with E-state index < -0.39 is 17.2 Å². The van der Waals surface area contributed by atoms with Crippen LogP contribution in [0.5, 0.6) is 0 Å². The van der Waals surface area contributed by atoms with Gasteiger partial charge in [0.05, 0.1) is 0 Å². The van der Waals surface area contributed by atoms with Gasteiger partial charge in [-0.15, -0.1) is 0 Å². The van der Waals surface area contributed by atoms with E-state index >= 15 is 0 Å². The van der Waals surface area contributed by atoms with E-state index in [2.05, 4.69) is 15.2 Å². The minimum absolute atomic E-state index is 0.0112. The Morgan fingerprint density at radius 1 is 1.39 bits per heavy atom. The van der Waals surface area contributed by atoms with Crippen LogP contribution in [0.1, 0.15) is 10.5 Å². The number of aromatic nitrogens is 4. The summed E-state index contributed by atoms with van der Waals surface area (Å²) in [6.45, 7) is 0. The maximum atomic E-state index is 11.4. The van der Waals surface area contributed by atoms with Crippen molar-refractivity contribution in [2.24, 2.45) is 0 Å². The van der Waals surface area contributed by atoms with Gasteiger partial charge in [-0.1, -0.05) is 11.8 Å². The molecule has 2 rings (SSSR count). The molecule has 0 unspecified atom stereocenters. The first-order valence-electron chi connectivity index (χ1n) is 4.62. The van der Waals surface area contributed by atoms with Gasteiger partial charge in [0.25, 0.3) is 5.56 Å².